The molecule has 11 heavy (non-hydrogen) atoms. The lowest BCUT2D eigenvalue weighted by Gasteiger charge is -2.01. The SMILES string of the molecule is c1cc(NOCC2CC2)[nH]n1. The molecular formula is C7H11N3O. The molecule has 0 radical (unpaired) electrons. The zero-order chi connectivity index (χ0) is 7.52. The molecule has 1 fully saturated rings. The number of nitrogens with zero attached hydrogens (tertiary/aromatic N) is 1. The van der Waals surface area contributed by atoms with E-state index in [0.29, 0.717) is 0 Å². The highest BCUT2D eigenvalue weighted by Gasteiger charge is 2.21. The van der Waals surface area contributed by atoms with Gasteiger partial charge in [-0.1, -0.05) is 0 Å². The van der Waals surface area contributed by atoms with Crippen LogP contribution in [-0.4, -0.2) is 16.8 Å². The summed E-state index contributed by atoms with van der Waals surface area (Å²) in [5.41, 5.74) is 2.78. The molecule has 4 nitrogen and oxygen atoms in total. The van der Waals surface area contributed by atoms with Crippen molar-refractivity contribution in [1.82, 2.24) is 10.2 Å². The van der Waals surface area contributed by atoms with Crippen LogP contribution in [-0.2, 0) is 4.84 Å². The molecule has 0 atom stereocenters. The Hall–Kier alpha value is -1.03. The van der Waals surface area contributed by atoms with E-state index in [-0.39, 0.29) is 0 Å². The Bertz CT molecular complexity index is 205. The van der Waals surface area contributed by atoms with Crippen molar-refractivity contribution >= 4 is 5.82 Å². The Labute approximate surface area is 64.9 Å². The van der Waals surface area contributed by atoms with Crippen molar-refractivity contribution in [3.63, 3.8) is 0 Å². The van der Waals surface area contributed by atoms with Gasteiger partial charge in [-0.05, 0) is 18.8 Å². The number of nitrogens with one attached hydrogen (secondary N) is 2. The second kappa shape index (κ2) is 2.92. The first-order chi connectivity index (χ1) is 5.45. The van der Waals surface area contributed by atoms with Crippen LogP contribution in [0.5, 0.6) is 0 Å². The van der Waals surface area contributed by atoms with Gasteiger partial charge >= 0.3 is 0 Å². The Morgan fingerprint density at radius 2 is 2.64 bits per heavy atom. The quantitative estimate of drug-likeness (QED) is 0.638. The van der Waals surface area contributed by atoms with E-state index in [1.54, 1.807) is 6.20 Å². The summed E-state index contributed by atoms with van der Waals surface area (Å²) in [5.74, 6) is 1.59. The number of aromatic nitrogens is 2. The van der Waals surface area contributed by atoms with Crippen molar-refractivity contribution in [1.29, 1.82) is 0 Å². The lowest BCUT2D eigenvalue weighted by atomic mass is 10.5. The van der Waals surface area contributed by atoms with Gasteiger partial charge in [0, 0.05) is 6.07 Å². The summed E-state index contributed by atoms with van der Waals surface area (Å²) in [5, 5.41) is 6.51. The Morgan fingerprint density at radius 3 is 3.27 bits per heavy atom. The molecule has 1 aromatic heterocycles. The fourth-order valence-corrected chi connectivity index (χ4v) is 0.835. The molecule has 1 saturated carbocycles. The topological polar surface area (TPSA) is 49.9 Å². The van der Waals surface area contributed by atoms with E-state index in [9.17, 15) is 0 Å². The van der Waals surface area contributed by atoms with Gasteiger partial charge in [-0.3, -0.25) is 9.94 Å². The minimum Gasteiger partial charge on any atom is -0.274 e. The van der Waals surface area contributed by atoms with Crippen molar-refractivity contribution in [2.45, 2.75) is 12.8 Å². The molecule has 4 heteroatoms. The third kappa shape index (κ3) is 1.94. The van der Waals surface area contributed by atoms with E-state index >= 15 is 0 Å². The van der Waals surface area contributed by atoms with E-state index in [2.05, 4.69) is 15.7 Å². The lowest BCUT2D eigenvalue weighted by Crippen LogP contribution is -2.04. The molecule has 0 amide bonds. The maximum Gasteiger partial charge on any atom is 0.145 e. The number of anilines is 1. The van der Waals surface area contributed by atoms with E-state index < -0.39 is 0 Å². The summed E-state index contributed by atoms with van der Waals surface area (Å²) in [4.78, 5) is 5.18. The van der Waals surface area contributed by atoms with Crippen molar-refractivity contribution in [2.24, 2.45) is 5.92 Å². The number of aromatic amines is 1. The normalized spacial score (nSPS) is 16.7. The van der Waals surface area contributed by atoms with Gasteiger partial charge in [0.15, 0.2) is 0 Å². The number of H-pyrrole nitrogens is 1. The summed E-state index contributed by atoms with van der Waals surface area (Å²) in [6.07, 6.45) is 4.30. The standard InChI is InChI=1S/C7H11N3O/c1-2-6(1)5-11-10-7-3-4-8-9-7/h3-4,6H,1-2,5H2,(H2,8,9,10). The van der Waals surface area contributed by atoms with E-state index in [1.165, 1.54) is 12.8 Å². The summed E-state index contributed by atoms with van der Waals surface area (Å²) in [6.45, 7) is 0.805. The smallest absolute Gasteiger partial charge is 0.145 e. The average molecular weight is 153 g/mol. The van der Waals surface area contributed by atoms with Crippen LogP contribution in [0, 0.1) is 5.92 Å². The fraction of sp³-hybridized carbons (Fsp3) is 0.571. The Morgan fingerprint density at radius 1 is 1.73 bits per heavy atom. The molecule has 0 spiro atoms. The molecule has 60 valence electrons. The van der Waals surface area contributed by atoms with Crippen LogP contribution >= 0.6 is 0 Å². The number of rotatable bonds is 4. The van der Waals surface area contributed by atoms with E-state index in [1.807, 2.05) is 6.07 Å². The minimum atomic E-state index is 0.783. The van der Waals surface area contributed by atoms with Gasteiger partial charge < -0.3 is 0 Å². The third-order valence-electron chi connectivity index (χ3n) is 1.70. The van der Waals surface area contributed by atoms with Gasteiger partial charge in [0.1, 0.15) is 5.82 Å². The molecule has 0 saturated heterocycles. The van der Waals surface area contributed by atoms with E-state index in [0.717, 1.165) is 18.3 Å². The largest absolute Gasteiger partial charge is 0.274 e. The van der Waals surface area contributed by atoms with Crippen molar-refractivity contribution in [3.05, 3.63) is 12.3 Å². The van der Waals surface area contributed by atoms with Crippen molar-refractivity contribution < 1.29 is 4.84 Å². The zero-order valence-corrected chi connectivity index (χ0v) is 6.21. The predicted octanol–water partition coefficient (Wildman–Crippen LogP) is 1.16. The molecular weight excluding hydrogens is 142 g/mol. The molecule has 1 aliphatic rings. The third-order valence-corrected chi connectivity index (χ3v) is 1.70. The maximum absolute atomic E-state index is 5.18. The van der Waals surface area contributed by atoms with Crippen LogP contribution in [0.1, 0.15) is 12.8 Å². The fourth-order valence-electron chi connectivity index (χ4n) is 0.835. The first-order valence-corrected chi connectivity index (χ1v) is 3.82. The molecule has 0 aromatic carbocycles. The molecule has 0 aliphatic heterocycles. The van der Waals surface area contributed by atoms with Gasteiger partial charge in [0.25, 0.3) is 0 Å². The minimum absolute atomic E-state index is 0.783. The van der Waals surface area contributed by atoms with Gasteiger partial charge in [-0.25, -0.2) is 5.48 Å². The average Bonchev–Trinajstić information content (AvgIpc) is 2.66. The molecule has 0 unspecified atom stereocenters. The van der Waals surface area contributed by atoms with Crippen molar-refractivity contribution in [2.75, 3.05) is 12.1 Å². The van der Waals surface area contributed by atoms with Gasteiger partial charge in [-0.2, -0.15) is 5.10 Å². The van der Waals surface area contributed by atoms with E-state index in [4.69, 9.17) is 4.84 Å². The summed E-state index contributed by atoms with van der Waals surface area (Å²) >= 11 is 0. The highest BCUT2D eigenvalue weighted by molar-refractivity contribution is 5.27. The predicted molar refractivity (Wildman–Crippen MR) is 40.9 cm³/mol. The van der Waals surface area contributed by atoms with Gasteiger partial charge in [-0.15, -0.1) is 0 Å². The lowest BCUT2D eigenvalue weighted by molar-refractivity contribution is 0.180. The summed E-state index contributed by atoms with van der Waals surface area (Å²) in [6, 6.07) is 1.83. The summed E-state index contributed by atoms with van der Waals surface area (Å²) < 4.78 is 0. The van der Waals surface area contributed by atoms with Crippen LogP contribution in [0.3, 0.4) is 0 Å². The van der Waals surface area contributed by atoms with Crippen LogP contribution in [0.25, 0.3) is 0 Å². The summed E-state index contributed by atoms with van der Waals surface area (Å²) in [7, 11) is 0. The van der Waals surface area contributed by atoms with Gasteiger partial charge in [0.05, 0.1) is 12.8 Å². The van der Waals surface area contributed by atoms with Crippen LogP contribution in [0.4, 0.5) is 5.82 Å². The molecule has 0 bridgehead atoms. The Kier molecular flexibility index (Phi) is 1.77. The molecule has 2 N–H and O–H groups in total. The highest BCUT2D eigenvalue weighted by Crippen LogP contribution is 2.28. The molecule has 1 aromatic rings. The maximum atomic E-state index is 5.18. The van der Waals surface area contributed by atoms with Crippen LogP contribution in [0.2, 0.25) is 0 Å². The van der Waals surface area contributed by atoms with Crippen molar-refractivity contribution in [3.8, 4) is 0 Å². The Balaban J connectivity index is 1.66. The zero-order valence-electron chi connectivity index (χ0n) is 6.21. The molecule has 2 rings (SSSR count). The second-order valence-corrected chi connectivity index (χ2v) is 2.83. The van der Waals surface area contributed by atoms with Crippen LogP contribution in [0.15, 0.2) is 12.3 Å². The molecule has 1 aliphatic carbocycles. The second-order valence-electron chi connectivity index (χ2n) is 2.83. The van der Waals surface area contributed by atoms with Crippen LogP contribution < -0.4 is 5.48 Å². The molecule has 1 heterocycles. The monoisotopic (exact) mass is 153 g/mol. The first kappa shape index (κ1) is 6.67. The first-order valence-electron chi connectivity index (χ1n) is 3.82. The van der Waals surface area contributed by atoms with Gasteiger partial charge in [0.2, 0.25) is 0 Å². The number of hydrogen-bond donors (Lipinski definition) is 2. The number of hydrogen-bond acceptors (Lipinski definition) is 3. The highest BCUT2D eigenvalue weighted by atomic mass is 16.6.